The van der Waals surface area contributed by atoms with Crippen molar-refractivity contribution in [2.45, 2.75) is 18.9 Å². The number of alkyl halides is 2. The van der Waals surface area contributed by atoms with Crippen molar-refractivity contribution in [1.29, 1.82) is 0 Å². The van der Waals surface area contributed by atoms with E-state index in [-0.39, 0.29) is 36.8 Å². The second-order valence-electron chi connectivity index (χ2n) is 8.66. The summed E-state index contributed by atoms with van der Waals surface area (Å²) in [5.74, 6) is -6.20. The van der Waals surface area contributed by atoms with Crippen LogP contribution in [0.15, 0.2) is 50.5 Å². The molecule has 2 aliphatic heterocycles. The summed E-state index contributed by atoms with van der Waals surface area (Å²) in [5, 5.41) is 14.3. The van der Waals surface area contributed by atoms with Crippen LogP contribution in [0.25, 0.3) is 0 Å². The molecule has 204 valence electrons. The summed E-state index contributed by atoms with van der Waals surface area (Å²) >= 11 is 5.62. The van der Waals surface area contributed by atoms with E-state index in [1.807, 2.05) is 0 Å². The van der Waals surface area contributed by atoms with Crippen LogP contribution in [0.4, 0.5) is 13.2 Å². The molecule has 2 aliphatic rings. The highest BCUT2D eigenvalue weighted by atomic mass is 79.9. The second-order valence-corrected chi connectivity index (χ2v) is 11.4. The number of ether oxygens (including phenoxy) is 1. The third kappa shape index (κ3) is 6.58. The molecule has 0 radical (unpaired) electrons. The number of carboxylic acid groups (broad SMARTS) is 1. The van der Waals surface area contributed by atoms with Crippen molar-refractivity contribution in [3.8, 4) is 0 Å². The summed E-state index contributed by atoms with van der Waals surface area (Å²) in [4.78, 5) is 34.6. The Morgan fingerprint density at radius 1 is 1.39 bits per heavy atom. The lowest BCUT2D eigenvalue weighted by atomic mass is 9.95. The van der Waals surface area contributed by atoms with Crippen LogP contribution in [0.3, 0.4) is 0 Å². The number of likely N-dealkylation sites (tertiary alicyclic amines) is 1. The molecule has 0 bridgehead atoms. The molecule has 14 heteroatoms. The summed E-state index contributed by atoms with van der Waals surface area (Å²) in [5.41, 5.74) is 0.961. The standard InChI is InChI=1S/C24H24BrF3N4O4S2/c1-2-36-23(35)19-17(9-32-8-13(24(27,28)12-32)10-37-11-18(33)34)30-21(22-29-5-6-38-22)31-20(19)15-4-3-14(26)7-16(15)25/h3-7,13,20H,2,8-12H2,1H3,(H,30,31)(H,33,34). The Bertz CT molecular complexity index is 1260. The Morgan fingerprint density at radius 2 is 2.18 bits per heavy atom. The topological polar surface area (TPSA) is 104 Å². The molecule has 0 saturated carbocycles. The van der Waals surface area contributed by atoms with Crippen molar-refractivity contribution in [1.82, 2.24) is 15.2 Å². The fourth-order valence-electron chi connectivity index (χ4n) is 4.31. The van der Waals surface area contributed by atoms with Gasteiger partial charge < -0.3 is 15.2 Å². The molecule has 0 aliphatic carbocycles. The smallest absolute Gasteiger partial charge is 0.338 e. The monoisotopic (exact) mass is 632 g/mol. The van der Waals surface area contributed by atoms with Crippen molar-refractivity contribution >= 4 is 56.8 Å². The number of thiazole rings is 1. The number of thioether (sulfide) groups is 1. The molecule has 8 nitrogen and oxygen atoms in total. The first-order valence-electron chi connectivity index (χ1n) is 11.6. The molecule has 3 heterocycles. The van der Waals surface area contributed by atoms with E-state index in [0.29, 0.717) is 26.6 Å². The maximum Gasteiger partial charge on any atom is 0.338 e. The van der Waals surface area contributed by atoms with E-state index >= 15 is 0 Å². The zero-order valence-corrected chi connectivity index (χ0v) is 23.3. The number of aromatic nitrogens is 1. The maximum absolute atomic E-state index is 14.8. The average molecular weight is 634 g/mol. The van der Waals surface area contributed by atoms with E-state index in [1.165, 1.54) is 34.4 Å². The molecule has 1 saturated heterocycles. The Labute approximate surface area is 233 Å². The lowest BCUT2D eigenvalue weighted by Gasteiger charge is -2.29. The van der Waals surface area contributed by atoms with Gasteiger partial charge in [0.2, 0.25) is 0 Å². The molecular weight excluding hydrogens is 609 g/mol. The molecule has 1 fully saturated rings. The third-order valence-electron chi connectivity index (χ3n) is 5.95. The minimum absolute atomic E-state index is 0.00947. The average Bonchev–Trinajstić information content (AvgIpc) is 3.46. The molecule has 2 unspecified atom stereocenters. The van der Waals surface area contributed by atoms with Gasteiger partial charge in [0.25, 0.3) is 5.92 Å². The number of hydrogen-bond acceptors (Lipinski definition) is 9. The van der Waals surface area contributed by atoms with Crippen LogP contribution in [0.2, 0.25) is 0 Å². The number of aliphatic carboxylic acids is 1. The number of benzene rings is 1. The van der Waals surface area contributed by atoms with E-state index in [0.717, 1.165) is 11.8 Å². The number of nitrogens with zero attached hydrogens (tertiary/aromatic N) is 3. The van der Waals surface area contributed by atoms with Gasteiger partial charge in [-0.3, -0.25) is 14.7 Å². The summed E-state index contributed by atoms with van der Waals surface area (Å²) in [6, 6.07) is 3.11. The predicted octanol–water partition coefficient (Wildman–Crippen LogP) is 4.34. The normalized spacial score (nSPS) is 21.2. The summed E-state index contributed by atoms with van der Waals surface area (Å²) < 4.78 is 49.3. The Morgan fingerprint density at radius 3 is 2.84 bits per heavy atom. The summed E-state index contributed by atoms with van der Waals surface area (Å²) in [6.45, 7) is 1.16. The number of hydrogen-bond donors (Lipinski definition) is 2. The minimum atomic E-state index is -3.03. The number of carboxylic acids is 1. The van der Waals surface area contributed by atoms with Crippen LogP contribution < -0.4 is 5.32 Å². The fraction of sp³-hybridized carbons (Fsp3) is 0.417. The van der Waals surface area contributed by atoms with Crippen molar-refractivity contribution in [3.63, 3.8) is 0 Å². The van der Waals surface area contributed by atoms with Crippen LogP contribution in [0, 0.1) is 11.7 Å². The van der Waals surface area contributed by atoms with E-state index in [2.05, 4.69) is 26.2 Å². The summed E-state index contributed by atoms with van der Waals surface area (Å²) in [6.07, 6.45) is 1.59. The lowest BCUT2D eigenvalue weighted by molar-refractivity contribution is -0.139. The highest BCUT2D eigenvalue weighted by molar-refractivity contribution is 9.10. The van der Waals surface area contributed by atoms with Gasteiger partial charge in [0.1, 0.15) is 11.9 Å². The van der Waals surface area contributed by atoms with Gasteiger partial charge >= 0.3 is 11.9 Å². The Hall–Kier alpha value is -2.42. The molecule has 0 spiro atoms. The number of rotatable bonds is 10. The van der Waals surface area contributed by atoms with Crippen molar-refractivity contribution in [3.05, 3.63) is 61.9 Å². The Balaban J connectivity index is 1.70. The first kappa shape index (κ1) is 28.6. The van der Waals surface area contributed by atoms with Crippen molar-refractivity contribution in [2.75, 3.05) is 37.7 Å². The van der Waals surface area contributed by atoms with Gasteiger partial charge in [-0.15, -0.1) is 23.1 Å². The molecule has 38 heavy (non-hydrogen) atoms. The number of halogens is 4. The molecule has 1 aromatic carbocycles. The van der Waals surface area contributed by atoms with E-state index in [1.54, 1.807) is 18.5 Å². The molecule has 2 atom stereocenters. The first-order valence-corrected chi connectivity index (χ1v) is 14.4. The van der Waals surface area contributed by atoms with E-state index < -0.39 is 42.2 Å². The lowest BCUT2D eigenvalue weighted by Crippen LogP contribution is -2.39. The number of carbonyl (C=O) groups excluding carboxylic acids is 1. The molecule has 1 aromatic heterocycles. The second kappa shape index (κ2) is 12.2. The van der Waals surface area contributed by atoms with Gasteiger partial charge in [-0.05, 0) is 24.6 Å². The van der Waals surface area contributed by atoms with Gasteiger partial charge in [-0.25, -0.2) is 22.9 Å². The molecule has 0 amide bonds. The van der Waals surface area contributed by atoms with Gasteiger partial charge in [-0.1, -0.05) is 22.0 Å². The van der Waals surface area contributed by atoms with Crippen LogP contribution in [-0.2, 0) is 14.3 Å². The first-order chi connectivity index (χ1) is 18.1. The van der Waals surface area contributed by atoms with Crippen molar-refractivity contribution < 1.29 is 32.6 Å². The quantitative estimate of drug-likeness (QED) is 0.373. The molecule has 2 aromatic rings. The molecular formula is C24H24BrF3N4O4S2. The van der Waals surface area contributed by atoms with Gasteiger partial charge in [0.05, 0.1) is 24.5 Å². The third-order valence-corrected chi connectivity index (χ3v) is 8.51. The minimum Gasteiger partial charge on any atom is -0.481 e. The zero-order valence-electron chi connectivity index (χ0n) is 20.1. The van der Waals surface area contributed by atoms with E-state index in [4.69, 9.17) is 14.8 Å². The number of carbonyl (C=O) groups is 2. The highest BCUT2D eigenvalue weighted by Gasteiger charge is 2.48. The molecule has 2 N–H and O–H groups in total. The predicted molar refractivity (Wildman–Crippen MR) is 142 cm³/mol. The van der Waals surface area contributed by atoms with Crippen LogP contribution >= 0.6 is 39.0 Å². The summed E-state index contributed by atoms with van der Waals surface area (Å²) in [7, 11) is 0. The largest absolute Gasteiger partial charge is 0.481 e. The van der Waals surface area contributed by atoms with Crippen LogP contribution in [0.5, 0.6) is 0 Å². The van der Waals surface area contributed by atoms with Gasteiger partial charge in [0, 0.05) is 46.5 Å². The van der Waals surface area contributed by atoms with Crippen molar-refractivity contribution in [2.24, 2.45) is 10.9 Å². The number of nitrogens with one attached hydrogen (secondary N) is 1. The van der Waals surface area contributed by atoms with Gasteiger partial charge in [0.15, 0.2) is 10.8 Å². The molecule has 4 rings (SSSR count). The van der Waals surface area contributed by atoms with Crippen LogP contribution in [-0.4, -0.2) is 76.4 Å². The number of esters is 1. The fourth-order valence-corrected chi connectivity index (χ4v) is 6.39. The highest BCUT2D eigenvalue weighted by Crippen LogP contribution is 2.39. The maximum atomic E-state index is 14.8. The van der Waals surface area contributed by atoms with E-state index in [9.17, 15) is 22.8 Å². The van der Waals surface area contributed by atoms with Gasteiger partial charge in [-0.2, -0.15) is 0 Å². The zero-order chi connectivity index (χ0) is 27.4. The van der Waals surface area contributed by atoms with Crippen LogP contribution in [0.1, 0.15) is 23.5 Å². The number of amidine groups is 1. The Kier molecular flexibility index (Phi) is 9.16. The SMILES string of the molecule is CCOC(=O)C1=C(CN2CC(CSCC(=O)O)C(F)(F)C2)NC(c2nccs2)=NC1c1ccc(F)cc1Br. The number of aliphatic imine (C=N–C) groups is 1.